The third kappa shape index (κ3) is 4.22. The number of aromatic nitrogens is 3. The SMILES string of the molecule is Clc1ccc(/C=N/Nc2nnc(-c3ccccc3)c(-c3ccccc3)n2)cc1. The van der Waals surface area contributed by atoms with Gasteiger partial charge in [-0.2, -0.15) is 5.10 Å². The summed E-state index contributed by atoms with van der Waals surface area (Å²) in [6.07, 6.45) is 1.67. The summed E-state index contributed by atoms with van der Waals surface area (Å²) < 4.78 is 0. The topological polar surface area (TPSA) is 63.1 Å². The van der Waals surface area contributed by atoms with Gasteiger partial charge in [0.15, 0.2) is 0 Å². The van der Waals surface area contributed by atoms with Crippen molar-refractivity contribution < 1.29 is 0 Å². The van der Waals surface area contributed by atoms with Crippen LogP contribution in [0.1, 0.15) is 5.56 Å². The zero-order chi connectivity index (χ0) is 19.2. The molecule has 0 aliphatic rings. The smallest absolute Gasteiger partial charge is 0.244 e. The Labute approximate surface area is 167 Å². The normalized spacial score (nSPS) is 10.9. The zero-order valence-corrected chi connectivity index (χ0v) is 15.6. The summed E-state index contributed by atoms with van der Waals surface area (Å²) in [6, 6.07) is 27.2. The molecular formula is C22H16ClN5. The Morgan fingerprint density at radius 1 is 0.714 bits per heavy atom. The maximum Gasteiger partial charge on any atom is 0.263 e. The molecule has 0 aliphatic carbocycles. The molecule has 0 spiro atoms. The van der Waals surface area contributed by atoms with Gasteiger partial charge >= 0.3 is 0 Å². The van der Waals surface area contributed by atoms with Gasteiger partial charge in [0, 0.05) is 16.1 Å². The number of anilines is 1. The minimum atomic E-state index is 0.323. The van der Waals surface area contributed by atoms with Gasteiger partial charge < -0.3 is 0 Å². The quantitative estimate of drug-likeness (QED) is 0.373. The highest BCUT2D eigenvalue weighted by atomic mass is 35.5. The van der Waals surface area contributed by atoms with Gasteiger partial charge in [-0.15, -0.1) is 10.2 Å². The van der Waals surface area contributed by atoms with E-state index < -0.39 is 0 Å². The van der Waals surface area contributed by atoms with E-state index in [0.29, 0.717) is 11.0 Å². The molecule has 1 heterocycles. The minimum absolute atomic E-state index is 0.323. The van der Waals surface area contributed by atoms with Crippen molar-refractivity contribution in [3.8, 4) is 22.5 Å². The minimum Gasteiger partial charge on any atom is -0.244 e. The largest absolute Gasteiger partial charge is 0.263 e. The molecule has 0 bridgehead atoms. The number of nitrogens with zero attached hydrogens (tertiary/aromatic N) is 4. The van der Waals surface area contributed by atoms with Crippen LogP contribution in [0.3, 0.4) is 0 Å². The van der Waals surface area contributed by atoms with Gasteiger partial charge in [0.25, 0.3) is 5.95 Å². The van der Waals surface area contributed by atoms with Crippen LogP contribution in [-0.4, -0.2) is 21.4 Å². The van der Waals surface area contributed by atoms with Gasteiger partial charge in [0.1, 0.15) is 11.4 Å². The highest BCUT2D eigenvalue weighted by molar-refractivity contribution is 6.30. The van der Waals surface area contributed by atoms with E-state index in [1.807, 2.05) is 84.9 Å². The van der Waals surface area contributed by atoms with Crippen LogP contribution in [0.25, 0.3) is 22.5 Å². The number of benzene rings is 3. The Kier molecular flexibility index (Phi) is 5.36. The number of rotatable bonds is 5. The molecule has 4 aromatic rings. The maximum atomic E-state index is 5.89. The Hall–Kier alpha value is -3.57. The summed E-state index contributed by atoms with van der Waals surface area (Å²) in [5.74, 6) is 0.323. The van der Waals surface area contributed by atoms with Gasteiger partial charge in [0.2, 0.25) is 0 Å². The molecule has 5 nitrogen and oxygen atoms in total. The van der Waals surface area contributed by atoms with Gasteiger partial charge in [-0.1, -0.05) is 84.4 Å². The third-order valence-electron chi connectivity index (χ3n) is 4.03. The van der Waals surface area contributed by atoms with Crippen molar-refractivity contribution in [3.63, 3.8) is 0 Å². The van der Waals surface area contributed by atoms with Crippen LogP contribution >= 0.6 is 11.6 Å². The van der Waals surface area contributed by atoms with Gasteiger partial charge in [-0.05, 0) is 17.7 Å². The molecule has 1 aromatic heterocycles. The average molecular weight is 386 g/mol. The van der Waals surface area contributed by atoms with Crippen molar-refractivity contribution in [2.75, 3.05) is 5.43 Å². The van der Waals surface area contributed by atoms with E-state index in [0.717, 1.165) is 28.1 Å². The van der Waals surface area contributed by atoms with Gasteiger partial charge in [-0.25, -0.2) is 10.4 Å². The number of hydrogen-bond donors (Lipinski definition) is 1. The molecule has 4 rings (SSSR count). The molecule has 0 fully saturated rings. The van der Waals surface area contributed by atoms with Crippen LogP contribution in [0.4, 0.5) is 5.95 Å². The summed E-state index contributed by atoms with van der Waals surface area (Å²) in [7, 11) is 0. The summed E-state index contributed by atoms with van der Waals surface area (Å²) in [5, 5.41) is 13.5. The van der Waals surface area contributed by atoms with E-state index in [9.17, 15) is 0 Å². The van der Waals surface area contributed by atoms with Crippen LogP contribution in [0, 0.1) is 0 Å². The molecule has 0 atom stereocenters. The predicted octanol–water partition coefficient (Wildman–Crippen LogP) is 5.31. The zero-order valence-electron chi connectivity index (χ0n) is 14.8. The molecule has 0 saturated carbocycles. The lowest BCUT2D eigenvalue weighted by molar-refractivity contribution is 0.973. The van der Waals surface area contributed by atoms with E-state index in [4.69, 9.17) is 11.6 Å². The van der Waals surface area contributed by atoms with Crippen molar-refractivity contribution in [2.24, 2.45) is 5.10 Å². The molecule has 0 radical (unpaired) electrons. The first-order valence-corrected chi connectivity index (χ1v) is 9.07. The van der Waals surface area contributed by atoms with E-state index in [2.05, 4.69) is 25.7 Å². The summed E-state index contributed by atoms with van der Waals surface area (Å²) in [6.45, 7) is 0. The Balaban J connectivity index is 1.65. The van der Waals surface area contributed by atoms with Gasteiger partial charge in [0.05, 0.1) is 6.21 Å². The first-order chi connectivity index (χ1) is 13.8. The molecule has 1 N–H and O–H groups in total. The van der Waals surface area contributed by atoms with Crippen molar-refractivity contribution in [3.05, 3.63) is 95.5 Å². The van der Waals surface area contributed by atoms with Gasteiger partial charge in [-0.3, -0.25) is 0 Å². The second kappa shape index (κ2) is 8.41. The number of hydrazone groups is 1. The van der Waals surface area contributed by atoms with E-state index in [-0.39, 0.29) is 0 Å². The fraction of sp³-hybridized carbons (Fsp3) is 0. The van der Waals surface area contributed by atoms with Crippen LogP contribution in [-0.2, 0) is 0 Å². The standard InChI is InChI=1S/C22H16ClN5/c23-19-13-11-16(12-14-19)15-24-27-22-25-20(17-7-3-1-4-8-17)21(26-28-22)18-9-5-2-6-10-18/h1-15H,(H,25,27,28)/b24-15+. The summed E-state index contributed by atoms with van der Waals surface area (Å²) >= 11 is 5.89. The lowest BCUT2D eigenvalue weighted by Gasteiger charge is -2.09. The lowest BCUT2D eigenvalue weighted by atomic mass is 10.0. The van der Waals surface area contributed by atoms with E-state index >= 15 is 0 Å². The van der Waals surface area contributed by atoms with Crippen molar-refractivity contribution in [1.82, 2.24) is 15.2 Å². The number of halogens is 1. The Morgan fingerprint density at radius 2 is 1.32 bits per heavy atom. The maximum absolute atomic E-state index is 5.89. The molecule has 0 saturated heterocycles. The lowest BCUT2D eigenvalue weighted by Crippen LogP contribution is -2.03. The first kappa shape index (κ1) is 17.8. The second-order valence-corrected chi connectivity index (χ2v) is 6.42. The van der Waals surface area contributed by atoms with Crippen LogP contribution in [0.15, 0.2) is 90.0 Å². The third-order valence-corrected chi connectivity index (χ3v) is 4.28. The number of hydrogen-bond acceptors (Lipinski definition) is 5. The van der Waals surface area contributed by atoms with Crippen molar-refractivity contribution in [1.29, 1.82) is 0 Å². The molecule has 0 aliphatic heterocycles. The number of nitrogens with one attached hydrogen (secondary N) is 1. The molecular weight excluding hydrogens is 370 g/mol. The Morgan fingerprint density at radius 3 is 1.96 bits per heavy atom. The van der Waals surface area contributed by atoms with E-state index in [1.54, 1.807) is 6.21 Å². The molecule has 28 heavy (non-hydrogen) atoms. The summed E-state index contributed by atoms with van der Waals surface area (Å²) in [4.78, 5) is 4.65. The molecule has 3 aromatic carbocycles. The van der Waals surface area contributed by atoms with Crippen LogP contribution in [0.2, 0.25) is 5.02 Å². The monoisotopic (exact) mass is 385 g/mol. The highest BCUT2D eigenvalue weighted by Crippen LogP contribution is 2.28. The molecule has 136 valence electrons. The highest BCUT2D eigenvalue weighted by Gasteiger charge is 2.13. The second-order valence-electron chi connectivity index (χ2n) is 5.99. The summed E-state index contributed by atoms with van der Waals surface area (Å²) in [5.41, 5.74) is 7.14. The first-order valence-electron chi connectivity index (χ1n) is 8.70. The fourth-order valence-electron chi connectivity index (χ4n) is 2.67. The molecule has 0 amide bonds. The van der Waals surface area contributed by atoms with Crippen molar-refractivity contribution >= 4 is 23.8 Å². The molecule has 6 heteroatoms. The van der Waals surface area contributed by atoms with Crippen molar-refractivity contribution in [2.45, 2.75) is 0 Å². The fourth-order valence-corrected chi connectivity index (χ4v) is 2.80. The average Bonchev–Trinajstić information content (AvgIpc) is 2.76. The molecule has 0 unspecified atom stereocenters. The predicted molar refractivity (Wildman–Crippen MR) is 113 cm³/mol. The van der Waals surface area contributed by atoms with Crippen LogP contribution < -0.4 is 5.43 Å². The Bertz CT molecular complexity index is 1080. The van der Waals surface area contributed by atoms with Crippen LogP contribution in [0.5, 0.6) is 0 Å². The van der Waals surface area contributed by atoms with E-state index in [1.165, 1.54) is 0 Å².